The number of nitrogens with zero attached hydrogens (tertiary/aromatic N) is 2. The Morgan fingerprint density at radius 1 is 1.50 bits per heavy atom. The molecule has 1 atom stereocenters. The van der Waals surface area contributed by atoms with Crippen LogP contribution in [0.2, 0.25) is 0 Å². The van der Waals surface area contributed by atoms with E-state index in [4.69, 9.17) is 4.74 Å². The van der Waals surface area contributed by atoms with Gasteiger partial charge in [0.2, 0.25) is 5.91 Å². The summed E-state index contributed by atoms with van der Waals surface area (Å²) in [6.45, 7) is 2.50. The van der Waals surface area contributed by atoms with Gasteiger partial charge in [0.1, 0.15) is 0 Å². The van der Waals surface area contributed by atoms with Gasteiger partial charge in [-0.2, -0.15) is 0 Å². The normalized spacial score (nSPS) is 15.0. The lowest BCUT2D eigenvalue weighted by atomic mass is 10.1. The van der Waals surface area contributed by atoms with Crippen LogP contribution in [0.25, 0.3) is 0 Å². The van der Waals surface area contributed by atoms with Crippen molar-refractivity contribution in [3.05, 3.63) is 33.9 Å². The Bertz CT molecular complexity index is 599. The minimum Gasteiger partial charge on any atom is -0.487 e. The fourth-order valence-electron chi connectivity index (χ4n) is 2.57. The molecule has 0 spiro atoms. The number of hydrogen-bond acceptors (Lipinski definition) is 5. The van der Waals surface area contributed by atoms with Crippen LogP contribution in [0.5, 0.6) is 5.75 Å². The Kier molecular flexibility index (Phi) is 6.14. The molecule has 0 aliphatic heterocycles. The molecule has 1 aromatic rings. The highest BCUT2D eigenvalue weighted by Crippen LogP contribution is 2.34. The summed E-state index contributed by atoms with van der Waals surface area (Å²) in [5, 5.41) is 20.9. The third-order valence-corrected chi connectivity index (χ3v) is 4.11. The fraction of sp³-hybridized carbons (Fsp3) is 0.588. The molecule has 1 aliphatic carbocycles. The molecule has 0 bridgehead atoms. The summed E-state index contributed by atoms with van der Waals surface area (Å²) in [5.41, 5.74) is 0.00224. The fourth-order valence-corrected chi connectivity index (χ4v) is 2.57. The zero-order chi connectivity index (χ0) is 17.7. The van der Waals surface area contributed by atoms with Gasteiger partial charge < -0.3 is 14.7 Å². The quantitative estimate of drug-likeness (QED) is 0.425. The van der Waals surface area contributed by atoms with Crippen molar-refractivity contribution in [1.29, 1.82) is 0 Å². The van der Waals surface area contributed by atoms with Gasteiger partial charge >= 0.3 is 5.69 Å². The van der Waals surface area contributed by atoms with Crippen LogP contribution in [-0.2, 0) is 4.79 Å². The zero-order valence-electron chi connectivity index (χ0n) is 14.1. The van der Waals surface area contributed by atoms with Gasteiger partial charge in [0.05, 0.1) is 23.2 Å². The maximum atomic E-state index is 12.0. The van der Waals surface area contributed by atoms with Crippen LogP contribution >= 0.6 is 0 Å². The second kappa shape index (κ2) is 8.10. The summed E-state index contributed by atoms with van der Waals surface area (Å²) in [6, 6.07) is 4.62. The molecule has 1 fully saturated rings. The van der Waals surface area contributed by atoms with E-state index in [0.717, 1.165) is 6.54 Å². The van der Waals surface area contributed by atoms with Crippen molar-refractivity contribution in [2.75, 3.05) is 20.2 Å². The van der Waals surface area contributed by atoms with Gasteiger partial charge in [0.15, 0.2) is 5.75 Å². The van der Waals surface area contributed by atoms with Crippen LogP contribution in [0.1, 0.15) is 44.3 Å². The predicted molar refractivity (Wildman–Crippen MR) is 88.8 cm³/mol. The Labute approximate surface area is 141 Å². The highest BCUT2D eigenvalue weighted by molar-refractivity contribution is 5.75. The van der Waals surface area contributed by atoms with E-state index in [-0.39, 0.29) is 29.5 Å². The lowest BCUT2D eigenvalue weighted by Crippen LogP contribution is -2.28. The van der Waals surface area contributed by atoms with E-state index in [2.05, 4.69) is 0 Å². The molecule has 1 aromatic carbocycles. The summed E-state index contributed by atoms with van der Waals surface area (Å²) < 4.78 is 5.49. The monoisotopic (exact) mass is 336 g/mol. The van der Waals surface area contributed by atoms with E-state index in [0.29, 0.717) is 18.8 Å². The smallest absolute Gasteiger partial charge is 0.316 e. The van der Waals surface area contributed by atoms with Gasteiger partial charge in [-0.15, -0.1) is 0 Å². The molecule has 1 N–H and O–H groups in total. The molecule has 2 rings (SSSR count). The second-order valence-corrected chi connectivity index (χ2v) is 6.30. The van der Waals surface area contributed by atoms with E-state index < -0.39 is 11.0 Å². The maximum absolute atomic E-state index is 12.0. The predicted octanol–water partition coefficient (Wildman–Crippen LogP) is 2.68. The van der Waals surface area contributed by atoms with Crippen molar-refractivity contribution in [3.63, 3.8) is 0 Å². The SMILES string of the molecule is CC(O)c1cccc(OCCCC(=O)N(C)CC2CC2)c1[N+](=O)[O-]. The minimum atomic E-state index is -0.952. The Hall–Kier alpha value is -2.15. The molecule has 1 saturated carbocycles. The minimum absolute atomic E-state index is 0.0673. The molecule has 1 amide bonds. The first-order chi connectivity index (χ1) is 11.4. The number of carbonyl (C=O) groups excluding carboxylic acids is 1. The summed E-state index contributed by atoms with van der Waals surface area (Å²) in [4.78, 5) is 24.4. The lowest BCUT2D eigenvalue weighted by Gasteiger charge is -2.16. The lowest BCUT2D eigenvalue weighted by molar-refractivity contribution is -0.387. The second-order valence-electron chi connectivity index (χ2n) is 6.30. The molecule has 0 heterocycles. The van der Waals surface area contributed by atoms with Crippen molar-refractivity contribution in [3.8, 4) is 5.75 Å². The third kappa shape index (κ3) is 4.92. The average molecular weight is 336 g/mol. The van der Waals surface area contributed by atoms with E-state index >= 15 is 0 Å². The third-order valence-electron chi connectivity index (χ3n) is 4.11. The molecular formula is C17H24N2O5. The van der Waals surface area contributed by atoms with Gasteiger partial charge in [-0.05, 0) is 44.2 Å². The van der Waals surface area contributed by atoms with E-state index in [1.54, 1.807) is 18.0 Å². The molecule has 0 saturated heterocycles. The largest absolute Gasteiger partial charge is 0.487 e. The van der Waals surface area contributed by atoms with Gasteiger partial charge in [0.25, 0.3) is 0 Å². The zero-order valence-corrected chi connectivity index (χ0v) is 14.1. The number of hydrogen-bond donors (Lipinski definition) is 1. The van der Waals surface area contributed by atoms with Crippen LogP contribution in [-0.4, -0.2) is 41.0 Å². The number of carbonyl (C=O) groups is 1. The highest BCUT2D eigenvalue weighted by atomic mass is 16.6. The molecule has 7 nitrogen and oxygen atoms in total. The molecule has 0 aromatic heterocycles. The first kappa shape index (κ1) is 18.2. The van der Waals surface area contributed by atoms with Crippen molar-refractivity contribution in [2.45, 2.75) is 38.7 Å². The van der Waals surface area contributed by atoms with Gasteiger partial charge in [-0.3, -0.25) is 14.9 Å². The summed E-state index contributed by atoms with van der Waals surface area (Å²) >= 11 is 0. The van der Waals surface area contributed by atoms with E-state index in [1.165, 1.54) is 31.9 Å². The average Bonchev–Trinajstić information content (AvgIpc) is 3.34. The van der Waals surface area contributed by atoms with Crippen LogP contribution in [0.4, 0.5) is 5.69 Å². The Morgan fingerprint density at radius 3 is 2.79 bits per heavy atom. The van der Waals surface area contributed by atoms with Crippen molar-refractivity contribution >= 4 is 11.6 Å². The summed E-state index contributed by atoms with van der Waals surface area (Å²) in [7, 11) is 1.80. The van der Waals surface area contributed by atoms with Crippen LogP contribution in [0, 0.1) is 16.0 Å². The number of para-hydroxylation sites is 1. The maximum Gasteiger partial charge on any atom is 0.316 e. The molecule has 1 unspecified atom stereocenters. The number of aliphatic hydroxyl groups excluding tert-OH is 1. The molecule has 7 heteroatoms. The molecule has 0 radical (unpaired) electrons. The number of nitro benzene ring substituents is 1. The summed E-state index contributed by atoms with van der Waals surface area (Å²) in [5.74, 6) is 0.843. The van der Waals surface area contributed by atoms with Crippen molar-refractivity contribution < 1.29 is 19.6 Å². The van der Waals surface area contributed by atoms with Crippen LogP contribution < -0.4 is 4.74 Å². The van der Waals surface area contributed by atoms with Gasteiger partial charge in [0, 0.05) is 20.0 Å². The number of rotatable bonds is 9. The Morgan fingerprint density at radius 2 is 2.21 bits per heavy atom. The number of aliphatic hydroxyl groups is 1. The van der Waals surface area contributed by atoms with Crippen molar-refractivity contribution in [2.24, 2.45) is 5.92 Å². The van der Waals surface area contributed by atoms with E-state index in [1.807, 2.05) is 0 Å². The molecule has 1 aliphatic rings. The van der Waals surface area contributed by atoms with Crippen LogP contribution in [0.15, 0.2) is 18.2 Å². The van der Waals surface area contributed by atoms with Gasteiger partial charge in [-0.1, -0.05) is 6.07 Å². The number of benzene rings is 1. The highest BCUT2D eigenvalue weighted by Gasteiger charge is 2.25. The van der Waals surface area contributed by atoms with Crippen molar-refractivity contribution in [1.82, 2.24) is 4.90 Å². The topological polar surface area (TPSA) is 92.9 Å². The number of nitro groups is 1. The Balaban J connectivity index is 1.86. The number of amides is 1. The number of ether oxygens (including phenoxy) is 1. The summed E-state index contributed by atoms with van der Waals surface area (Å²) in [6.07, 6.45) is 2.29. The van der Waals surface area contributed by atoms with E-state index in [9.17, 15) is 20.0 Å². The molecular weight excluding hydrogens is 312 g/mol. The molecule has 24 heavy (non-hydrogen) atoms. The first-order valence-corrected chi connectivity index (χ1v) is 8.22. The first-order valence-electron chi connectivity index (χ1n) is 8.22. The van der Waals surface area contributed by atoms with Gasteiger partial charge in [-0.25, -0.2) is 0 Å². The molecule has 132 valence electrons. The standard InChI is InChI=1S/C17H24N2O5/c1-12(20)14-5-3-6-15(17(14)19(22)23)24-10-4-7-16(21)18(2)11-13-8-9-13/h3,5-6,12-13,20H,4,7-11H2,1-2H3. The van der Waals surface area contributed by atoms with Crippen LogP contribution in [0.3, 0.4) is 0 Å².